The van der Waals surface area contributed by atoms with E-state index in [0.717, 1.165) is 59.7 Å². The van der Waals surface area contributed by atoms with Gasteiger partial charge in [0, 0.05) is 30.9 Å². The van der Waals surface area contributed by atoms with Crippen LogP contribution in [0.25, 0.3) is 21.3 Å². The molecule has 0 saturated carbocycles. The average Bonchev–Trinajstić information content (AvgIpc) is 3.45. The van der Waals surface area contributed by atoms with Gasteiger partial charge in [-0.05, 0) is 74.7 Å². The van der Waals surface area contributed by atoms with Gasteiger partial charge in [-0.1, -0.05) is 24.3 Å². The topological polar surface area (TPSA) is 75.9 Å². The van der Waals surface area contributed by atoms with E-state index in [-0.39, 0.29) is 17.1 Å². The van der Waals surface area contributed by atoms with E-state index in [1.807, 2.05) is 43.3 Å². The minimum atomic E-state index is -0.334. The van der Waals surface area contributed by atoms with Crippen LogP contribution in [0.15, 0.2) is 64.2 Å². The first-order valence-electron chi connectivity index (χ1n) is 13.1. The van der Waals surface area contributed by atoms with Gasteiger partial charge in [0.1, 0.15) is 16.5 Å². The van der Waals surface area contributed by atoms with Crippen molar-refractivity contribution in [3.05, 3.63) is 97.5 Å². The molecule has 38 heavy (non-hydrogen) atoms. The number of aromatic nitrogens is 4. The molecule has 1 fully saturated rings. The Kier molecular flexibility index (Phi) is 6.71. The Bertz CT molecular complexity index is 1710. The van der Waals surface area contributed by atoms with E-state index in [4.69, 9.17) is 4.98 Å². The third-order valence-corrected chi connectivity index (χ3v) is 8.57. The molecule has 196 valence electrons. The summed E-state index contributed by atoms with van der Waals surface area (Å²) in [5.74, 6) is 1.34. The van der Waals surface area contributed by atoms with Crippen molar-refractivity contribution < 1.29 is 4.39 Å². The molecule has 0 atom stereocenters. The number of benzene rings is 2. The summed E-state index contributed by atoms with van der Waals surface area (Å²) in [5.41, 5.74) is 2.59. The molecule has 6 rings (SSSR count). The highest BCUT2D eigenvalue weighted by molar-refractivity contribution is 7.18. The van der Waals surface area contributed by atoms with Gasteiger partial charge >= 0.3 is 5.69 Å². The van der Waals surface area contributed by atoms with Gasteiger partial charge < -0.3 is 9.47 Å². The Labute approximate surface area is 223 Å². The summed E-state index contributed by atoms with van der Waals surface area (Å²) in [5, 5.41) is 0.592. The second kappa shape index (κ2) is 10.3. The number of nitrogens with one attached hydrogen (secondary N) is 1. The lowest BCUT2D eigenvalue weighted by Gasteiger charge is -2.32. The van der Waals surface area contributed by atoms with Crippen molar-refractivity contribution in [2.24, 2.45) is 5.92 Å². The largest absolute Gasteiger partial charge is 0.329 e. The monoisotopic (exact) mass is 531 g/mol. The summed E-state index contributed by atoms with van der Waals surface area (Å²) in [6.07, 6.45) is 2.96. The second-order valence-electron chi connectivity index (χ2n) is 10.2. The molecule has 3 aromatic heterocycles. The molecule has 5 aromatic rings. The Morgan fingerprint density at radius 3 is 2.58 bits per heavy atom. The van der Waals surface area contributed by atoms with Crippen LogP contribution in [0.4, 0.5) is 4.39 Å². The number of para-hydroxylation sites is 2. The number of hydrogen-bond acceptors (Lipinski definition) is 5. The van der Waals surface area contributed by atoms with Crippen LogP contribution in [0, 0.1) is 18.7 Å². The summed E-state index contributed by atoms with van der Waals surface area (Å²) in [6, 6.07) is 16.7. The fourth-order valence-corrected chi connectivity index (χ4v) is 6.41. The lowest BCUT2D eigenvalue weighted by molar-refractivity contribution is 0.176. The first-order valence-corrected chi connectivity index (χ1v) is 13.9. The van der Waals surface area contributed by atoms with E-state index in [0.29, 0.717) is 35.8 Å². The summed E-state index contributed by atoms with van der Waals surface area (Å²) in [6.45, 7) is 5.51. The van der Waals surface area contributed by atoms with Gasteiger partial charge in [-0.3, -0.25) is 14.3 Å². The Morgan fingerprint density at radius 1 is 1.03 bits per heavy atom. The van der Waals surface area contributed by atoms with E-state index < -0.39 is 0 Å². The van der Waals surface area contributed by atoms with Crippen molar-refractivity contribution in [3.8, 4) is 0 Å². The van der Waals surface area contributed by atoms with Gasteiger partial charge in [0.15, 0.2) is 0 Å². The quantitative estimate of drug-likeness (QED) is 0.334. The fraction of sp³-hybridized carbons (Fsp3) is 0.345. The van der Waals surface area contributed by atoms with Gasteiger partial charge in [-0.15, -0.1) is 11.3 Å². The van der Waals surface area contributed by atoms with Crippen LogP contribution in [-0.2, 0) is 19.5 Å². The summed E-state index contributed by atoms with van der Waals surface area (Å²) in [4.78, 5) is 37.2. The lowest BCUT2D eigenvalue weighted by atomic mass is 9.93. The number of rotatable bonds is 7. The number of halogens is 1. The summed E-state index contributed by atoms with van der Waals surface area (Å²) >= 11 is 1.44. The number of likely N-dealkylation sites (tertiary alicyclic amines) is 1. The molecule has 7 nitrogen and oxygen atoms in total. The Morgan fingerprint density at radius 2 is 1.79 bits per heavy atom. The van der Waals surface area contributed by atoms with Crippen molar-refractivity contribution in [2.45, 2.75) is 39.3 Å². The van der Waals surface area contributed by atoms with Crippen molar-refractivity contribution in [1.29, 1.82) is 0 Å². The summed E-state index contributed by atoms with van der Waals surface area (Å²) < 4.78 is 17.0. The maximum Gasteiger partial charge on any atom is 0.329 e. The maximum absolute atomic E-state index is 13.4. The number of hydrogen-bond donors (Lipinski definition) is 1. The molecular formula is C29H30FN5O2S. The van der Waals surface area contributed by atoms with Crippen molar-refractivity contribution in [3.63, 3.8) is 0 Å². The van der Waals surface area contributed by atoms with Crippen molar-refractivity contribution in [1.82, 2.24) is 24.0 Å². The number of H-pyrrole nitrogens is 1. The Hall–Kier alpha value is -3.56. The molecule has 1 N–H and O–H groups in total. The highest BCUT2D eigenvalue weighted by Gasteiger charge is 2.23. The molecule has 1 aliphatic rings. The molecule has 0 unspecified atom stereocenters. The fourth-order valence-electron chi connectivity index (χ4n) is 5.52. The van der Waals surface area contributed by atoms with Crippen LogP contribution >= 0.6 is 11.3 Å². The molecule has 1 saturated heterocycles. The summed E-state index contributed by atoms with van der Waals surface area (Å²) in [7, 11) is 0. The standard InChI is InChI=1S/C29H30FN5O2S/c1-19-16-23-27(38-19)32-29(37)34(28(23)36)15-14-33-12-10-20(11-13-33)17-26-31-24-4-2-3-5-25(24)35(26)18-21-6-8-22(30)9-7-21/h2-9,16,20H,10-15,17-18H2,1H3,(H,32,37). The molecule has 4 heterocycles. The van der Waals surface area contributed by atoms with Crippen LogP contribution < -0.4 is 11.2 Å². The van der Waals surface area contributed by atoms with Crippen LogP contribution in [0.1, 0.15) is 29.1 Å². The van der Waals surface area contributed by atoms with Gasteiger partial charge in [0.2, 0.25) is 0 Å². The van der Waals surface area contributed by atoms with Crippen LogP contribution in [0.2, 0.25) is 0 Å². The molecule has 1 aliphatic heterocycles. The molecule has 0 spiro atoms. The third kappa shape index (κ3) is 4.96. The number of piperidine rings is 1. The number of aromatic amines is 1. The van der Waals surface area contributed by atoms with Gasteiger partial charge in [0.25, 0.3) is 5.56 Å². The highest BCUT2D eigenvalue weighted by atomic mass is 32.1. The normalized spacial score (nSPS) is 15.1. The van der Waals surface area contributed by atoms with Crippen LogP contribution in [0.3, 0.4) is 0 Å². The first kappa shape index (κ1) is 24.8. The van der Waals surface area contributed by atoms with E-state index >= 15 is 0 Å². The number of fused-ring (bicyclic) bond motifs is 2. The number of aryl methyl sites for hydroxylation is 1. The zero-order valence-corrected chi connectivity index (χ0v) is 22.1. The first-order chi connectivity index (χ1) is 18.4. The van der Waals surface area contributed by atoms with E-state index in [1.54, 1.807) is 0 Å². The molecule has 0 bridgehead atoms. The zero-order valence-electron chi connectivity index (χ0n) is 21.3. The average molecular weight is 532 g/mol. The molecule has 0 amide bonds. The molecule has 0 aliphatic carbocycles. The smallest absolute Gasteiger partial charge is 0.323 e. The highest BCUT2D eigenvalue weighted by Crippen LogP contribution is 2.25. The number of imidazole rings is 1. The predicted molar refractivity (Wildman–Crippen MR) is 150 cm³/mol. The lowest BCUT2D eigenvalue weighted by Crippen LogP contribution is -2.41. The van der Waals surface area contributed by atoms with Gasteiger partial charge in [-0.2, -0.15) is 0 Å². The second-order valence-corrected chi connectivity index (χ2v) is 11.5. The van der Waals surface area contributed by atoms with Crippen molar-refractivity contribution >= 4 is 32.6 Å². The number of thiophene rings is 1. The minimum absolute atomic E-state index is 0.206. The van der Waals surface area contributed by atoms with Gasteiger partial charge in [-0.25, -0.2) is 14.2 Å². The molecule has 9 heteroatoms. The zero-order chi connectivity index (χ0) is 26.2. The molecular weight excluding hydrogens is 501 g/mol. The third-order valence-electron chi connectivity index (χ3n) is 7.60. The van der Waals surface area contributed by atoms with E-state index in [1.165, 1.54) is 28.0 Å². The molecule has 2 aromatic carbocycles. The van der Waals surface area contributed by atoms with Crippen molar-refractivity contribution in [2.75, 3.05) is 19.6 Å². The SMILES string of the molecule is Cc1cc2c(=O)n(CCN3CCC(Cc4nc5ccccc5n4Cc4ccc(F)cc4)CC3)c(=O)[nH]c2s1. The maximum atomic E-state index is 13.4. The Balaban J connectivity index is 1.12. The van der Waals surface area contributed by atoms with E-state index in [2.05, 4.69) is 20.5 Å². The minimum Gasteiger partial charge on any atom is -0.323 e. The van der Waals surface area contributed by atoms with Crippen LogP contribution in [0.5, 0.6) is 0 Å². The number of nitrogens with zero attached hydrogens (tertiary/aromatic N) is 4. The van der Waals surface area contributed by atoms with E-state index in [9.17, 15) is 14.0 Å². The van der Waals surface area contributed by atoms with Gasteiger partial charge in [0.05, 0.1) is 16.4 Å². The predicted octanol–water partition coefficient (Wildman–Crippen LogP) is 4.55. The van der Waals surface area contributed by atoms with Crippen LogP contribution in [-0.4, -0.2) is 43.6 Å². The molecule has 0 radical (unpaired) electrons.